The zero-order chi connectivity index (χ0) is 11.6. The van der Waals surface area contributed by atoms with Crippen LogP contribution < -0.4 is 5.32 Å². The zero-order valence-electron chi connectivity index (χ0n) is 10.3. The minimum Gasteiger partial charge on any atom is -0.394 e. The van der Waals surface area contributed by atoms with E-state index in [-0.39, 0.29) is 6.61 Å². The maximum absolute atomic E-state index is 8.54. The van der Waals surface area contributed by atoms with E-state index in [1.165, 1.54) is 25.7 Å². The number of nitrogens with one attached hydrogen (secondary N) is 1. The van der Waals surface area contributed by atoms with Gasteiger partial charge in [-0.05, 0) is 25.8 Å². The lowest BCUT2D eigenvalue weighted by Crippen LogP contribution is -2.43. The third-order valence-corrected chi connectivity index (χ3v) is 3.11. The fourth-order valence-electron chi connectivity index (χ4n) is 2.24. The first-order chi connectivity index (χ1) is 7.88. The average Bonchev–Trinajstić information content (AvgIpc) is 2.34. The van der Waals surface area contributed by atoms with Crippen LogP contribution >= 0.6 is 0 Å². The number of ether oxygens (including phenoxy) is 2. The molecule has 0 bridgehead atoms. The fourth-order valence-corrected chi connectivity index (χ4v) is 2.24. The first kappa shape index (κ1) is 13.9. The van der Waals surface area contributed by atoms with Crippen LogP contribution in [-0.2, 0) is 9.47 Å². The zero-order valence-corrected chi connectivity index (χ0v) is 10.3. The SMILES string of the molecule is COC1CCCCC1NCCCOCCO. The predicted molar refractivity (Wildman–Crippen MR) is 63.6 cm³/mol. The van der Waals surface area contributed by atoms with E-state index in [4.69, 9.17) is 14.6 Å². The standard InChI is InChI=1S/C12H25NO3/c1-15-12-6-3-2-5-11(12)13-7-4-9-16-10-8-14/h11-14H,2-10H2,1H3. The minimum absolute atomic E-state index is 0.113. The average molecular weight is 231 g/mol. The predicted octanol–water partition coefficient (Wildman–Crippen LogP) is 0.933. The molecule has 2 atom stereocenters. The molecule has 1 fully saturated rings. The largest absolute Gasteiger partial charge is 0.394 e. The Morgan fingerprint density at radius 3 is 2.81 bits per heavy atom. The Balaban J connectivity index is 2.02. The van der Waals surface area contributed by atoms with E-state index < -0.39 is 0 Å². The summed E-state index contributed by atoms with van der Waals surface area (Å²) in [6, 6.07) is 0.511. The highest BCUT2D eigenvalue weighted by atomic mass is 16.5. The van der Waals surface area contributed by atoms with Gasteiger partial charge >= 0.3 is 0 Å². The van der Waals surface area contributed by atoms with Crippen LogP contribution in [0.3, 0.4) is 0 Å². The number of aliphatic hydroxyl groups is 1. The third kappa shape index (κ3) is 5.25. The van der Waals surface area contributed by atoms with Crippen molar-refractivity contribution in [3.05, 3.63) is 0 Å². The van der Waals surface area contributed by atoms with Crippen LogP contribution in [0.1, 0.15) is 32.1 Å². The fraction of sp³-hybridized carbons (Fsp3) is 1.00. The molecule has 0 aromatic heterocycles. The molecule has 16 heavy (non-hydrogen) atoms. The summed E-state index contributed by atoms with van der Waals surface area (Å²) in [7, 11) is 1.80. The maximum Gasteiger partial charge on any atom is 0.0724 e. The number of hydrogen-bond acceptors (Lipinski definition) is 4. The van der Waals surface area contributed by atoms with Gasteiger partial charge in [-0.3, -0.25) is 0 Å². The highest BCUT2D eigenvalue weighted by Crippen LogP contribution is 2.20. The molecule has 4 nitrogen and oxygen atoms in total. The molecule has 0 aromatic carbocycles. The summed E-state index contributed by atoms with van der Waals surface area (Å²) in [4.78, 5) is 0. The van der Waals surface area contributed by atoms with Crippen LogP contribution in [0, 0.1) is 0 Å². The van der Waals surface area contributed by atoms with Crippen molar-refractivity contribution in [1.82, 2.24) is 5.32 Å². The summed E-state index contributed by atoms with van der Waals surface area (Å²) < 4.78 is 10.7. The number of aliphatic hydroxyl groups excluding tert-OH is 1. The first-order valence-corrected chi connectivity index (χ1v) is 6.33. The molecule has 0 spiro atoms. The Morgan fingerprint density at radius 2 is 2.06 bits per heavy atom. The summed E-state index contributed by atoms with van der Waals surface area (Å²) >= 11 is 0. The van der Waals surface area contributed by atoms with Gasteiger partial charge < -0.3 is 19.9 Å². The summed E-state index contributed by atoms with van der Waals surface area (Å²) in [6.07, 6.45) is 6.36. The van der Waals surface area contributed by atoms with Crippen LogP contribution in [0.2, 0.25) is 0 Å². The Hall–Kier alpha value is -0.160. The van der Waals surface area contributed by atoms with Crippen molar-refractivity contribution in [2.45, 2.75) is 44.2 Å². The Kier molecular flexibility index (Phi) is 7.76. The van der Waals surface area contributed by atoms with E-state index in [2.05, 4.69) is 5.32 Å². The second kappa shape index (κ2) is 8.93. The lowest BCUT2D eigenvalue weighted by atomic mass is 9.92. The van der Waals surface area contributed by atoms with Gasteiger partial charge in [0, 0.05) is 19.8 Å². The van der Waals surface area contributed by atoms with Gasteiger partial charge in [0.2, 0.25) is 0 Å². The molecule has 1 aliphatic carbocycles. The molecule has 0 aliphatic heterocycles. The molecule has 0 heterocycles. The summed E-state index contributed by atoms with van der Waals surface area (Å²) in [5, 5.41) is 12.1. The van der Waals surface area contributed by atoms with Crippen molar-refractivity contribution in [1.29, 1.82) is 0 Å². The van der Waals surface area contributed by atoms with E-state index in [1.807, 2.05) is 0 Å². The molecule has 2 N–H and O–H groups in total. The van der Waals surface area contributed by atoms with Crippen LogP contribution in [0.5, 0.6) is 0 Å². The van der Waals surface area contributed by atoms with Crippen LogP contribution in [0.25, 0.3) is 0 Å². The molecule has 0 radical (unpaired) electrons. The van der Waals surface area contributed by atoms with Crippen molar-refractivity contribution in [2.75, 3.05) is 33.5 Å². The second-order valence-electron chi connectivity index (χ2n) is 4.31. The molecular weight excluding hydrogens is 206 g/mol. The molecule has 0 saturated heterocycles. The quantitative estimate of drug-likeness (QED) is 0.610. The Labute approximate surface area is 98.3 Å². The highest BCUT2D eigenvalue weighted by molar-refractivity contribution is 4.81. The normalized spacial score (nSPS) is 25.9. The summed E-state index contributed by atoms with van der Waals surface area (Å²) in [5.41, 5.74) is 0. The molecule has 1 rings (SSSR count). The van der Waals surface area contributed by atoms with Crippen LogP contribution in [-0.4, -0.2) is 50.7 Å². The van der Waals surface area contributed by atoms with E-state index in [1.54, 1.807) is 7.11 Å². The van der Waals surface area contributed by atoms with Gasteiger partial charge in [-0.15, -0.1) is 0 Å². The summed E-state index contributed by atoms with van der Waals surface area (Å²) in [6.45, 7) is 2.25. The van der Waals surface area contributed by atoms with Crippen molar-refractivity contribution < 1.29 is 14.6 Å². The van der Waals surface area contributed by atoms with E-state index in [0.29, 0.717) is 18.8 Å². The van der Waals surface area contributed by atoms with Gasteiger partial charge in [-0.25, -0.2) is 0 Å². The van der Waals surface area contributed by atoms with Crippen molar-refractivity contribution in [3.63, 3.8) is 0 Å². The molecule has 1 saturated carbocycles. The minimum atomic E-state index is 0.113. The lowest BCUT2D eigenvalue weighted by molar-refractivity contribution is 0.0400. The van der Waals surface area contributed by atoms with Crippen molar-refractivity contribution in [2.24, 2.45) is 0 Å². The maximum atomic E-state index is 8.54. The van der Waals surface area contributed by atoms with E-state index in [0.717, 1.165) is 19.6 Å². The molecule has 0 amide bonds. The highest BCUT2D eigenvalue weighted by Gasteiger charge is 2.23. The second-order valence-corrected chi connectivity index (χ2v) is 4.31. The molecule has 0 aromatic rings. The third-order valence-electron chi connectivity index (χ3n) is 3.11. The number of hydrogen-bond donors (Lipinski definition) is 2. The number of rotatable bonds is 8. The first-order valence-electron chi connectivity index (χ1n) is 6.33. The monoisotopic (exact) mass is 231 g/mol. The van der Waals surface area contributed by atoms with Gasteiger partial charge in [0.25, 0.3) is 0 Å². The summed E-state index contributed by atoms with van der Waals surface area (Å²) in [5.74, 6) is 0. The Bertz CT molecular complexity index is 166. The van der Waals surface area contributed by atoms with Crippen molar-refractivity contribution >= 4 is 0 Å². The molecular formula is C12H25NO3. The van der Waals surface area contributed by atoms with Gasteiger partial charge in [0.1, 0.15) is 0 Å². The van der Waals surface area contributed by atoms with Gasteiger partial charge in [0.05, 0.1) is 19.3 Å². The lowest BCUT2D eigenvalue weighted by Gasteiger charge is -2.31. The van der Waals surface area contributed by atoms with E-state index >= 15 is 0 Å². The Morgan fingerprint density at radius 1 is 1.25 bits per heavy atom. The molecule has 96 valence electrons. The number of methoxy groups -OCH3 is 1. The van der Waals surface area contributed by atoms with Crippen LogP contribution in [0.4, 0.5) is 0 Å². The van der Waals surface area contributed by atoms with Crippen molar-refractivity contribution in [3.8, 4) is 0 Å². The van der Waals surface area contributed by atoms with E-state index in [9.17, 15) is 0 Å². The van der Waals surface area contributed by atoms with Gasteiger partial charge in [0.15, 0.2) is 0 Å². The van der Waals surface area contributed by atoms with Gasteiger partial charge in [-0.2, -0.15) is 0 Å². The molecule has 4 heteroatoms. The topological polar surface area (TPSA) is 50.7 Å². The smallest absolute Gasteiger partial charge is 0.0724 e. The van der Waals surface area contributed by atoms with Gasteiger partial charge in [-0.1, -0.05) is 12.8 Å². The van der Waals surface area contributed by atoms with Crippen LogP contribution in [0.15, 0.2) is 0 Å². The molecule has 1 aliphatic rings. The molecule has 2 unspecified atom stereocenters.